The zero-order valence-electron chi connectivity index (χ0n) is 7.28. The highest BCUT2D eigenvalue weighted by Crippen LogP contribution is 2.33. The van der Waals surface area contributed by atoms with Crippen LogP contribution in [0.5, 0.6) is 0 Å². The number of nitrogens with one attached hydrogen (secondary N) is 1. The van der Waals surface area contributed by atoms with E-state index in [0.717, 1.165) is 0 Å². The molecule has 0 aromatic rings. The maximum absolute atomic E-state index is 12.2. The Kier molecular flexibility index (Phi) is 2.66. The Hall–Kier alpha value is -0.250. The number of rotatable bonds is 1. The summed E-state index contributed by atoms with van der Waals surface area (Å²) in [7, 11) is 0. The summed E-state index contributed by atoms with van der Waals surface area (Å²) >= 11 is 0. The molecule has 1 fully saturated rings. The van der Waals surface area contributed by atoms with E-state index < -0.39 is 12.1 Å². The molecule has 0 radical (unpaired) electrons. The second-order valence-corrected chi connectivity index (χ2v) is 3.73. The van der Waals surface area contributed by atoms with Crippen molar-refractivity contribution in [3.8, 4) is 0 Å². The molecule has 0 saturated carbocycles. The Morgan fingerprint density at radius 2 is 1.92 bits per heavy atom. The van der Waals surface area contributed by atoms with Crippen LogP contribution in [0.1, 0.15) is 20.3 Å². The lowest BCUT2D eigenvalue weighted by atomic mass is 9.98. The van der Waals surface area contributed by atoms with Crippen molar-refractivity contribution in [2.24, 2.45) is 11.8 Å². The van der Waals surface area contributed by atoms with Crippen LogP contribution in [0, 0.1) is 11.8 Å². The molecule has 72 valence electrons. The number of hydrogen-bond acceptors (Lipinski definition) is 1. The molecule has 1 aliphatic heterocycles. The van der Waals surface area contributed by atoms with Crippen LogP contribution in [0.3, 0.4) is 0 Å². The molecule has 0 bridgehead atoms. The van der Waals surface area contributed by atoms with Gasteiger partial charge >= 0.3 is 6.18 Å². The van der Waals surface area contributed by atoms with E-state index in [1.165, 1.54) is 0 Å². The van der Waals surface area contributed by atoms with Crippen LogP contribution in [0.4, 0.5) is 13.2 Å². The predicted molar refractivity (Wildman–Crippen MR) is 40.8 cm³/mol. The van der Waals surface area contributed by atoms with E-state index >= 15 is 0 Å². The molecule has 2 atom stereocenters. The van der Waals surface area contributed by atoms with Gasteiger partial charge in [-0.15, -0.1) is 0 Å². The van der Waals surface area contributed by atoms with Crippen molar-refractivity contribution < 1.29 is 13.2 Å². The van der Waals surface area contributed by atoms with Crippen molar-refractivity contribution >= 4 is 0 Å². The van der Waals surface area contributed by atoms with Gasteiger partial charge in [0, 0.05) is 12.6 Å². The van der Waals surface area contributed by atoms with E-state index in [1.807, 2.05) is 13.8 Å². The maximum atomic E-state index is 12.2. The topological polar surface area (TPSA) is 12.0 Å². The first-order chi connectivity index (χ1) is 5.41. The molecule has 12 heavy (non-hydrogen) atoms. The summed E-state index contributed by atoms with van der Waals surface area (Å²) in [5.41, 5.74) is 0. The second kappa shape index (κ2) is 3.24. The molecule has 1 aliphatic rings. The van der Waals surface area contributed by atoms with Gasteiger partial charge in [0.2, 0.25) is 0 Å². The van der Waals surface area contributed by atoms with Crippen LogP contribution in [0.25, 0.3) is 0 Å². The highest BCUT2D eigenvalue weighted by molar-refractivity contribution is 4.86. The standard InChI is InChI=1S/C8H14F3N/c1-5(2)7-3-6(4-12-7)8(9,10)11/h5-7,12H,3-4H2,1-2H3/t6-,7-/m1/s1. The number of alkyl halides is 3. The minimum absolute atomic E-state index is 0.0385. The number of hydrogen-bond donors (Lipinski definition) is 1. The first-order valence-electron chi connectivity index (χ1n) is 4.21. The molecule has 1 nitrogen and oxygen atoms in total. The van der Waals surface area contributed by atoms with Gasteiger partial charge in [-0.05, 0) is 12.3 Å². The average Bonchev–Trinajstić information content (AvgIpc) is 2.30. The molecular weight excluding hydrogens is 167 g/mol. The third-order valence-electron chi connectivity index (χ3n) is 2.43. The summed E-state index contributed by atoms with van der Waals surface area (Å²) in [6.07, 6.45) is -3.78. The lowest BCUT2D eigenvalue weighted by Crippen LogP contribution is -2.26. The first-order valence-corrected chi connectivity index (χ1v) is 4.21. The van der Waals surface area contributed by atoms with E-state index in [4.69, 9.17) is 0 Å². The van der Waals surface area contributed by atoms with E-state index in [-0.39, 0.29) is 24.9 Å². The minimum atomic E-state index is -4.02. The van der Waals surface area contributed by atoms with Gasteiger partial charge in [-0.2, -0.15) is 13.2 Å². The van der Waals surface area contributed by atoms with Gasteiger partial charge < -0.3 is 5.32 Å². The summed E-state index contributed by atoms with van der Waals surface area (Å²) in [6, 6.07) is 0.0385. The largest absolute Gasteiger partial charge is 0.393 e. The van der Waals surface area contributed by atoms with Crippen molar-refractivity contribution in [3.05, 3.63) is 0 Å². The molecule has 1 heterocycles. The quantitative estimate of drug-likeness (QED) is 0.653. The molecule has 0 aromatic carbocycles. The van der Waals surface area contributed by atoms with Crippen LogP contribution in [-0.2, 0) is 0 Å². The van der Waals surface area contributed by atoms with Crippen molar-refractivity contribution in [2.75, 3.05) is 6.54 Å². The van der Waals surface area contributed by atoms with Gasteiger partial charge in [0.1, 0.15) is 0 Å². The fraction of sp³-hybridized carbons (Fsp3) is 1.00. The molecular formula is C8H14F3N. The monoisotopic (exact) mass is 181 g/mol. The van der Waals surface area contributed by atoms with Crippen molar-refractivity contribution in [1.29, 1.82) is 0 Å². The molecule has 1 rings (SSSR count). The van der Waals surface area contributed by atoms with Gasteiger partial charge in [-0.3, -0.25) is 0 Å². The molecule has 0 aromatic heterocycles. The van der Waals surface area contributed by atoms with Crippen LogP contribution in [0.15, 0.2) is 0 Å². The molecule has 1 saturated heterocycles. The Morgan fingerprint density at radius 3 is 2.17 bits per heavy atom. The molecule has 0 spiro atoms. The average molecular weight is 181 g/mol. The highest BCUT2D eigenvalue weighted by atomic mass is 19.4. The molecule has 0 aliphatic carbocycles. The van der Waals surface area contributed by atoms with Crippen LogP contribution in [0.2, 0.25) is 0 Å². The third kappa shape index (κ3) is 2.12. The lowest BCUT2D eigenvalue weighted by molar-refractivity contribution is -0.169. The van der Waals surface area contributed by atoms with Crippen LogP contribution < -0.4 is 5.32 Å². The van der Waals surface area contributed by atoms with E-state index in [2.05, 4.69) is 5.32 Å². The Morgan fingerprint density at radius 1 is 1.33 bits per heavy atom. The lowest BCUT2D eigenvalue weighted by Gasteiger charge is -2.15. The van der Waals surface area contributed by atoms with Gasteiger partial charge in [0.25, 0.3) is 0 Å². The number of halogens is 3. The first kappa shape index (κ1) is 9.84. The van der Waals surface area contributed by atoms with Crippen molar-refractivity contribution in [2.45, 2.75) is 32.5 Å². The molecule has 1 N–H and O–H groups in total. The smallest absolute Gasteiger partial charge is 0.313 e. The zero-order chi connectivity index (χ0) is 9.35. The molecule has 0 unspecified atom stereocenters. The van der Waals surface area contributed by atoms with Gasteiger partial charge in [-0.1, -0.05) is 13.8 Å². The maximum Gasteiger partial charge on any atom is 0.393 e. The summed E-state index contributed by atoms with van der Waals surface area (Å²) in [4.78, 5) is 0. The van der Waals surface area contributed by atoms with Crippen molar-refractivity contribution in [1.82, 2.24) is 5.32 Å². The fourth-order valence-electron chi connectivity index (χ4n) is 1.52. The third-order valence-corrected chi connectivity index (χ3v) is 2.43. The summed E-state index contributed by atoms with van der Waals surface area (Å²) < 4.78 is 36.5. The Labute approximate surface area is 70.3 Å². The van der Waals surface area contributed by atoms with Gasteiger partial charge in [0.05, 0.1) is 5.92 Å². The Balaban J connectivity index is 2.46. The van der Waals surface area contributed by atoms with E-state index in [9.17, 15) is 13.2 Å². The van der Waals surface area contributed by atoms with E-state index in [1.54, 1.807) is 0 Å². The highest BCUT2D eigenvalue weighted by Gasteiger charge is 2.44. The second-order valence-electron chi connectivity index (χ2n) is 3.73. The normalized spacial score (nSPS) is 31.5. The van der Waals surface area contributed by atoms with E-state index in [0.29, 0.717) is 0 Å². The predicted octanol–water partition coefficient (Wildman–Crippen LogP) is 2.18. The fourth-order valence-corrected chi connectivity index (χ4v) is 1.52. The Bertz CT molecular complexity index is 153. The minimum Gasteiger partial charge on any atom is -0.313 e. The summed E-state index contributed by atoms with van der Waals surface area (Å²) in [6.45, 7) is 3.97. The molecule has 4 heteroatoms. The van der Waals surface area contributed by atoms with Crippen LogP contribution >= 0.6 is 0 Å². The molecule has 0 amide bonds. The zero-order valence-corrected chi connectivity index (χ0v) is 7.28. The van der Waals surface area contributed by atoms with Gasteiger partial charge in [-0.25, -0.2) is 0 Å². The summed E-state index contributed by atoms with van der Waals surface area (Å²) in [5, 5.41) is 2.89. The summed E-state index contributed by atoms with van der Waals surface area (Å²) in [5.74, 6) is -0.845. The SMILES string of the molecule is CC(C)[C@H]1C[C@@H](C(F)(F)F)CN1. The van der Waals surface area contributed by atoms with Crippen molar-refractivity contribution in [3.63, 3.8) is 0 Å². The van der Waals surface area contributed by atoms with Gasteiger partial charge in [0.15, 0.2) is 0 Å². The van der Waals surface area contributed by atoms with Crippen LogP contribution in [-0.4, -0.2) is 18.8 Å².